The number of aryl methyl sites for hydroxylation is 1. The molecule has 18 heavy (non-hydrogen) atoms. The van der Waals surface area contributed by atoms with E-state index in [1.165, 1.54) is 18.2 Å². The van der Waals surface area contributed by atoms with E-state index in [4.69, 9.17) is 16.3 Å². The number of carbonyl (C=O) groups excluding carboxylic acids is 1. The normalized spacial score (nSPS) is 10.1. The lowest BCUT2D eigenvalue weighted by Gasteiger charge is -2.08. The van der Waals surface area contributed by atoms with E-state index in [9.17, 15) is 14.9 Å². The Bertz CT molecular complexity index is 448. The van der Waals surface area contributed by atoms with Gasteiger partial charge in [-0.1, -0.05) is 0 Å². The largest absolute Gasteiger partial charge is 0.462 e. The van der Waals surface area contributed by atoms with E-state index in [-0.39, 0.29) is 12.3 Å². The summed E-state index contributed by atoms with van der Waals surface area (Å²) in [6.45, 7) is 1.98. The van der Waals surface area contributed by atoms with Gasteiger partial charge in [0, 0.05) is 18.0 Å². The number of non-ortho nitro benzene ring substituents is 1. The van der Waals surface area contributed by atoms with Crippen LogP contribution in [0.5, 0.6) is 0 Å². The summed E-state index contributed by atoms with van der Waals surface area (Å²) in [6.07, 6.45) is 1.16. The first kappa shape index (κ1) is 14.4. The van der Waals surface area contributed by atoms with Crippen LogP contribution in [0.1, 0.15) is 29.3 Å². The van der Waals surface area contributed by atoms with Gasteiger partial charge in [-0.2, -0.15) is 0 Å². The minimum absolute atomic E-state index is 0.0346. The van der Waals surface area contributed by atoms with Crippen LogP contribution < -0.4 is 0 Å². The zero-order chi connectivity index (χ0) is 13.5. The molecule has 1 aromatic carbocycles. The van der Waals surface area contributed by atoms with Crippen LogP contribution in [-0.4, -0.2) is 23.4 Å². The first-order chi connectivity index (χ1) is 8.60. The summed E-state index contributed by atoms with van der Waals surface area (Å²) < 4.78 is 4.91. The molecular weight excluding hydrogens is 258 g/mol. The van der Waals surface area contributed by atoms with Crippen LogP contribution >= 0.6 is 11.6 Å². The van der Waals surface area contributed by atoms with Crippen molar-refractivity contribution in [1.82, 2.24) is 0 Å². The smallest absolute Gasteiger partial charge is 0.338 e. The SMILES string of the molecule is CCOC(=O)c1ccc([N+](=O)[O-])cc1CCCCl. The van der Waals surface area contributed by atoms with Crippen molar-refractivity contribution < 1.29 is 14.5 Å². The number of hydrogen-bond donors (Lipinski definition) is 0. The third kappa shape index (κ3) is 3.70. The Labute approximate surface area is 110 Å². The van der Waals surface area contributed by atoms with Gasteiger partial charge in [0.15, 0.2) is 0 Å². The maximum Gasteiger partial charge on any atom is 0.338 e. The lowest BCUT2D eigenvalue weighted by Crippen LogP contribution is -2.09. The van der Waals surface area contributed by atoms with Gasteiger partial charge in [-0.15, -0.1) is 11.6 Å². The second-order valence-electron chi connectivity index (χ2n) is 3.61. The minimum atomic E-state index is -0.487. The molecule has 5 nitrogen and oxygen atoms in total. The molecule has 0 heterocycles. The number of hydrogen-bond acceptors (Lipinski definition) is 4. The van der Waals surface area contributed by atoms with Gasteiger partial charge in [0.2, 0.25) is 0 Å². The highest BCUT2D eigenvalue weighted by Crippen LogP contribution is 2.20. The number of alkyl halides is 1. The Hall–Kier alpha value is -1.62. The lowest BCUT2D eigenvalue weighted by molar-refractivity contribution is -0.384. The third-order valence-corrected chi connectivity index (χ3v) is 2.64. The summed E-state index contributed by atoms with van der Waals surface area (Å²) in [4.78, 5) is 21.9. The first-order valence-corrected chi connectivity index (χ1v) is 6.14. The molecule has 0 N–H and O–H groups in total. The van der Waals surface area contributed by atoms with Crippen molar-refractivity contribution in [1.29, 1.82) is 0 Å². The van der Waals surface area contributed by atoms with Crippen LogP contribution in [0.15, 0.2) is 18.2 Å². The highest BCUT2D eigenvalue weighted by molar-refractivity contribution is 6.17. The quantitative estimate of drug-likeness (QED) is 0.345. The van der Waals surface area contributed by atoms with Crippen molar-refractivity contribution in [3.63, 3.8) is 0 Å². The molecule has 0 saturated carbocycles. The van der Waals surface area contributed by atoms with Crippen LogP contribution in [0.2, 0.25) is 0 Å². The molecule has 1 aromatic rings. The van der Waals surface area contributed by atoms with E-state index < -0.39 is 10.9 Å². The third-order valence-electron chi connectivity index (χ3n) is 2.37. The number of nitro benzene ring substituents is 1. The van der Waals surface area contributed by atoms with E-state index in [0.29, 0.717) is 29.8 Å². The molecule has 0 spiro atoms. The van der Waals surface area contributed by atoms with Crippen LogP contribution in [-0.2, 0) is 11.2 Å². The molecule has 1 rings (SSSR count). The highest BCUT2D eigenvalue weighted by atomic mass is 35.5. The second kappa shape index (κ2) is 6.96. The summed E-state index contributed by atoms with van der Waals surface area (Å²) in [7, 11) is 0. The minimum Gasteiger partial charge on any atom is -0.462 e. The van der Waals surface area contributed by atoms with Gasteiger partial charge in [-0.05, 0) is 31.4 Å². The van der Waals surface area contributed by atoms with Crippen molar-refractivity contribution in [2.45, 2.75) is 19.8 Å². The van der Waals surface area contributed by atoms with Crippen LogP contribution in [0.25, 0.3) is 0 Å². The van der Waals surface area contributed by atoms with Gasteiger partial charge in [-0.3, -0.25) is 10.1 Å². The summed E-state index contributed by atoms with van der Waals surface area (Å²) in [6, 6.07) is 4.13. The number of nitro groups is 1. The first-order valence-electron chi connectivity index (χ1n) is 5.60. The lowest BCUT2D eigenvalue weighted by atomic mass is 10.0. The second-order valence-corrected chi connectivity index (χ2v) is 3.99. The Balaban J connectivity index is 3.07. The van der Waals surface area contributed by atoms with E-state index in [2.05, 4.69) is 0 Å². The summed E-state index contributed by atoms with van der Waals surface area (Å²) in [5.41, 5.74) is 0.934. The summed E-state index contributed by atoms with van der Waals surface area (Å²) >= 11 is 5.60. The molecule has 6 heteroatoms. The monoisotopic (exact) mass is 271 g/mol. The van der Waals surface area contributed by atoms with Crippen molar-refractivity contribution in [3.05, 3.63) is 39.4 Å². The predicted octanol–water partition coefficient (Wildman–Crippen LogP) is 2.94. The zero-order valence-electron chi connectivity index (χ0n) is 10.0. The molecule has 98 valence electrons. The van der Waals surface area contributed by atoms with Crippen LogP contribution in [0, 0.1) is 10.1 Å². The van der Waals surface area contributed by atoms with Crippen molar-refractivity contribution >= 4 is 23.3 Å². The molecule has 0 bridgehead atoms. The number of esters is 1. The van der Waals surface area contributed by atoms with E-state index in [0.717, 1.165) is 0 Å². The Kier molecular flexibility index (Phi) is 5.58. The highest BCUT2D eigenvalue weighted by Gasteiger charge is 2.16. The summed E-state index contributed by atoms with van der Waals surface area (Å²) in [5.74, 6) is -0.0257. The van der Waals surface area contributed by atoms with Gasteiger partial charge in [-0.25, -0.2) is 4.79 Å². The van der Waals surface area contributed by atoms with Gasteiger partial charge in [0.25, 0.3) is 5.69 Å². The van der Waals surface area contributed by atoms with E-state index >= 15 is 0 Å². The fraction of sp³-hybridized carbons (Fsp3) is 0.417. The van der Waals surface area contributed by atoms with Crippen molar-refractivity contribution in [2.75, 3.05) is 12.5 Å². The molecule has 0 radical (unpaired) electrons. The molecule has 0 saturated heterocycles. The number of ether oxygens (including phenoxy) is 1. The molecule has 0 atom stereocenters. The standard InChI is InChI=1S/C12H14ClNO4/c1-2-18-12(15)11-6-5-10(14(16)17)8-9(11)4-3-7-13/h5-6,8H,2-4,7H2,1H3. The van der Waals surface area contributed by atoms with Gasteiger partial charge >= 0.3 is 5.97 Å². The van der Waals surface area contributed by atoms with E-state index in [1.807, 2.05) is 0 Å². The van der Waals surface area contributed by atoms with Gasteiger partial charge in [0.05, 0.1) is 17.1 Å². The maximum atomic E-state index is 11.7. The zero-order valence-corrected chi connectivity index (χ0v) is 10.8. The molecule has 0 aliphatic heterocycles. The molecule has 0 aromatic heterocycles. The maximum absolute atomic E-state index is 11.7. The van der Waals surface area contributed by atoms with Crippen molar-refractivity contribution in [2.24, 2.45) is 0 Å². The topological polar surface area (TPSA) is 69.4 Å². The Morgan fingerprint density at radius 2 is 2.22 bits per heavy atom. The fourth-order valence-electron chi connectivity index (χ4n) is 1.57. The van der Waals surface area contributed by atoms with Crippen molar-refractivity contribution in [3.8, 4) is 0 Å². The van der Waals surface area contributed by atoms with Crippen LogP contribution in [0.4, 0.5) is 5.69 Å². The molecule has 0 fully saturated rings. The molecular formula is C12H14ClNO4. The number of halogens is 1. The average molecular weight is 272 g/mol. The van der Waals surface area contributed by atoms with E-state index in [1.54, 1.807) is 6.92 Å². The number of benzene rings is 1. The molecule has 0 amide bonds. The summed E-state index contributed by atoms with van der Waals surface area (Å²) in [5, 5.41) is 10.7. The molecule has 0 aliphatic rings. The van der Waals surface area contributed by atoms with Gasteiger partial charge < -0.3 is 4.74 Å². The number of carbonyl (C=O) groups is 1. The number of nitrogens with zero attached hydrogens (tertiary/aromatic N) is 1. The Morgan fingerprint density at radius 3 is 2.78 bits per heavy atom. The Morgan fingerprint density at radius 1 is 1.50 bits per heavy atom. The fourth-order valence-corrected chi connectivity index (χ4v) is 1.70. The van der Waals surface area contributed by atoms with Crippen LogP contribution in [0.3, 0.4) is 0 Å². The molecule has 0 unspecified atom stereocenters. The van der Waals surface area contributed by atoms with Gasteiger partial charge in [0.1, 0.15) is 0 Å². The predicted molar refractivity (Wildman–Crippen MR) is 68.1 cm³/mol. The average Bonchev–Trinajstić information content (AvgIpc) is 2.36. The number of rotatable bonds is 6. The molecule has 0 aliphatic carbocycles.